The average molecular weight is 339 g/mol. The summed E-state index contributed by atoms with van der Waals surface area (Å²) in [6.45, 7) is 4.53. The van der Waals surface area contributed by atoms with E-state index in [1.807, 2.05) is 38.1 Å². The van der Waals surface area contributed by atoms with E-state index in [1.165, 1.54) is 0 Å². The predicted octanol–water partition coefficient (Wildman–Crippen LogP) is 2.72. The monoisotopic (exact) mass is 338 g/mol. The lowest BCUT2D eigenvalue weighted by atomic mass is 10.0. The van der Waals surface area contributed by atoms with E-state index in [0.29, 0.717) is 25.3 Å². The van der Waals surface area contributed by atoms with Gasteiger partial charge in [0.15, 0.2) is 0 Å². The van der Waals surface area contributed by atoms with Crippen molar-refractivity contribution < 1.29 is 9.59 Å². The highest BCUT2D eigenvalue weighted by atomic mass is 79.9. The van der Waals surface area contributed by atoms with Crippen LogP contribution in [0.25, 0.3) is 0 Å². The number of nitrogens with zero attached hydrogens (tertiary/aromatic N) is 1. The fraction of sp³-hybridized carbons (Fsp3) is 0.467. The van der Waals surface area contributed by atoms with Crippen LogP contribution in [0.3, 0.4) is 0 Å². The number of rotatable bonds is 3. The summed E-state index contributed by atoms with van der Waals surface area (Å²) < 4.78 is 0.969. The van der Waals surface area contributed by atoms with Crippen molar-refractivity contribution in [3.05, 3.63) is 28.7 Å². The lowest BCUT2D eigenvalue weighted by molar-refractivity contribution is -0.125. The van der Waals surface area contributed by atoms with E-state index in [-0.39, 0.29) is 11.8 Å². The molecule has 0 aromatic heterocycles. The van der Waals surface area contributed by atoms with Crippen molar-refractivity contribution in [3.63, 3.8) is 0 Å². The van der Waals surface area contributed by atoms with Gasteiger partial charge in [0.2, 0.25) is 11.8 Å². The standard InChI is InChI=1S/C15H19BrN2O2/c1-10(2)9-13-15(20)18(8-7-14(19)17-13)12-5-3-11(16)4-6-12/h3-6,10,13H,7-9H2,1-2H3,(H,17,19). The van der Waals surface area contributed by atoms with Crippen LogP contribution < -0.4 is 10.2 Å². The Kier molecular flexibility index (Phi) is 4.81. The molecule has 1 heterocycles. The molecule has 1 aliphatic rings. The number of hydrogen-bond acceptors (Lipinski definition) is 2. The first kappa shape index (κ1) is 15.0. The van der Waals surface area contributed by atoms with Gasteiger partial charge in [-0.3, -0.25) is 9.59 Å². The molecule has 1 aliphatic heterocycles. The Hall–Kier alpha value is -1.36. The van der Waals surface area contributed by atoms with Gasteiger partial charge in [0.25, 0.3) is 0 Å². The average Bonchev–Trinajstić information content (AvgIpc) is 2.51. The minimum absolute atomic E-state index is 0.0214. The molecule has 1 aromatic rings. The van der Waals surface area contributed by atoms with Crippen LogP contribution in [-0.2, 0) is 9.59 Å². The molecule has 108 valence electrons. The molecular formula is C15H19BrN2O2. The quantitative estimate of drug-likeness (QED) is 0.921. The van der Waals surface area contributed by atoms with Crippen LogP contribution in [0.5, 0.6) is 0 Å². The molecule has 1 aromatic carbocycles. The van der Waals surface area contributed by atoms with Crippen molar-refractivity contribution in [1.29, 1.82) is 0 Å². The Labute approximate surface area is 127 Å². The Morgan fingerprint density at radius 2 is 1.95 bits per heavy atom. The molecule has 0 radical (unpaired) electrons. The van der Waals surface area contributed by atoms with Gasteiger partial charge < -0.3 is 10.2 Å². The molecule has 2 amide bonds. The topological polar surface area (TPSA) is 49.4 Å². The number of carbonyl (C=O) groups is 2. The van der Waals surface area contributed by atoms with Crippen molar-refractivity contribution in [2.24, 2.45) is 5.92 Å². The van der Waals surface area contributed by atoms with Crippen LogP contribution in [0, 0.1) is 5.92 Å². The number of hydrogen-bond donors (Lipinski definition) is 1. The molecule has 20 heavy (non-hydrogen) atoms. The molecular weight excluding hydrogens is 320 g/mol. The molecule has 1 atom stereocenters. The molecule has 2 rings (SSSR count). The molecule has 0 bridgehead atoms. The second-order valence-electron chi connectivity index (χ2n) is 5.47. The highest BCUT2D eigenvalue weighted by Gasteiger charge is 2.30. The largest absolute Gasteiger partial charge is 0.344 e. The van der Waals surface area contributed by atoms with Gasteiger partial charge in [0.05, 0.1) is 0 Å². The molecule has 1 saturated heterocycles. The van der Waals surface area contributed by atoms with Crippen LogP contribution in [0.2, 0.25) is 0 Å². The van der Waals surface area contributed by atoms with Gasteiger partial charge in [0.1, 0.15) is 6.04 Å². The molecule has 1 unspecified atom stereocenters. The third-order valence-corrected chi connectivity index (χ3v) is 3.84. The number of benzene rings is 1. The van der Waals surface area contributed by atoms with Gasteiger partial charge in [-0.2, -0.15) is 0 Å². The van der Waals surface area contributed by atoms with E-state index >= 15 is 0 Å². The third-order valence-electron chi connectivity index (χ3n) is 3.31. The molecule has 5 heteroatoms. The van der Waals surface area contributed by atoms with Crippen molar-refractivity contribution >= 4 is 33.4 Å². The molecule has 0 aliphatic carbocycles. The normalized spacial score (nSPS) is 20.0. The predicted molar refractivity (Wildman–Crippen MR) is 82.5 cm³/mol. The van der Waals surface area contributed by atoms with Gasteiger partial charge in [-0.1, -0.05) is 29.8 Å². The summed E-state index contributed by atoms with van der Waals surface area (Å²) in [4.78, 5) is 26.1. The third kappa shape index (κ3) is 3.60. The Morgan fingerprint density at radius 3 is 2.55 bits per heavy atom. The number of halogens is 1. The van der Waals surface area contributed by atoms with Gasteiger partial charge in [-0.25, -0.2) is 0 Å². The smallest absolute Gasteiger partial charge is 0.249 e. The van der Waals surface area contributed by atoms with Gasteiger partial charge >= 0.3 is 0 Å². The summed E-state index contributed by atoms with van der Waals surface area (Å²) in [5, 5.41) is 2.83. The second kappa shape index (κ2) is 6.39. The Morgan fingerprint density at radius 1 is 1.30 bits per heavy atom. The number of carbonyl (C=O) groups excluding carboxylic acids is 2. The van der Waals surface area contributed by atoms with Crippen LogP contribution in [-0.4, -0.2) is 24.4 Å². The van der Waals surface area contributed by atoms with E-state index in [9.17, 15) is 9.59 Å². The maximum Gasteiger partial charge on any atom is 0.249 e. The lowest BCUT2D eigenvalue weighted by Crippen LogP contribution is -2.45. The van der Waals surface area contributed by atoms with Crippen LogP contribution >= 0.6 is 15.9 Å². The van der Waals surface area contributed by atoms with E-state index in [1.54, 1.807) is 4.90 Å². The summed E-state index contributed by atoms with van der Waals surface area (Å²) >= 11 is 3.38. The van der Waals surface area contributed by atoms with Crippen molar-refractivity contribution in [3.8, 4) is 0 Å². The Balaban J connectivity index is 2.25. The number of amides is 2. The summed E-state index contributed by atoms with van der Waals surface area (Å²) in [6, 6.07) is 7.17. The second-order valence-corrected chi connectivity index (χ2v) is 6.38. The van der Waals surface area contributed by atoms with Crippen LogP contribution in [0.4, 0.5) is 5.69 Å². The SMILES string of the molecule is CC(C)CC1NC(=O)CCN(c2ccc(Br)cc2)C1=O. The molecule has 0 saturated carbocycles. The first-order valence-electron chi connectivity index (χ1n) is 6.83. The molecule has 1 fully saturated rings. The highest BCUT2D eigenvalue weighted by Crippen LogP contribution is 2.22. The maximum atomic E-state index is 12.6. The summed E-state index contributed by atoms with van der Waals surface area (Å²) in [7, 11) is 0. The number of anilines is 1. The zero-order valence-corrected chi connectivity index (χ0v) is 13.3. The van der Waals surface area contributed by atoms with Crippen molar-refractivity contribution in [2.45, 2.75) is 32.7 Å². The van der Waals surface area contributed by atoms with E-state index in [4.69, 9.17) is 0 Å². The van der Waals surface area contributed by atoms with E-state index < -0.39 is 6.04 Å². The van der Waals surface area contributed by atoms with Gasteiger partial charge in [-0.05, 0) is 36.6 Å². The minimum atomic E-state index is -0.423. The van der Waals surface area contributed by atoms with E-state index in [2.05, 4.69) is 21.2 Å². The first-order valence-corrected chi connectivity index (χ1v) is 7.63. The summed E-state index contributed by atoms with van der Waals surface area (Å²) in [6.07, 6.45) is 1.01. The Bertz CT molecular complexity index is 499. The fourth-order valence-electron chi connectivity index (χ4n) is 2.35. The highest BCUT2D eigenvalue weighted by molar-refractivity contribution is 9.10. The maximum absolute atomic E-state index is 12.6. The minimum Gasteiger partial charge on any atom is -0.344 e. The molecule has 0 spiro atoms. The van der Waals surface area contributed by atoms with Crippen molar-refractivity contribution in [2.75, 3.05) is 11.4 Å². The zero-order valence-electron chi connectivity index (χ0n) is 11.7. The molecule has 1 N–H and O–H groups in total. The zero-order chi connectivity index (χ0) is 14.7. The lowest BCUT2D eigenvalue weighted by Gasteiger charge is -2.25. The van der Waals surface area contributed by atoms with Gasteiger partial charge in [0, 0.05) is 23.1 Å². The van der Waals surface area contributed by atoms with E-state index in [0.717, 1.165) is 10.2 Å². The summed E-state index contributed by atoms with van der Waals surface area (Å²) in [5.41, 5.74) is 0.837. The van der Waals surface area contributed by atoms with Crippen LogP contribution in [0.15, 0.2) is 28.7 Å². The fourth-order valence-corrected chi connectivity index (χ4v) is 2.61. The summed E-state index contributed by atoms with van der Waals surface area (Å²) in [5.74, 6) is 0.282. The van der Waals surface area contributed by atoms with Gasteiger partial charge in [-0.15, -0.1) is 0 Å². The first-order chi connectivity index (χ1) is 9.47. The number of nitrogens with one attached hydrogen (secondary N) is 1. The van der Waals surface area contributed by atoms with Crippen LogP contribution in [0.1, 0.15) is 26.7 Å². The molecule has 4 nitrogen and oxygen atoms in total. The van der Waals surface area contributed by atoms with Crippen molar-refractivity contribution in [1.82, 2.24) is 5.32 Å².